The van der Waals surface area contributed by atoms with Crippen molar-refractivity contribution in [2.24, 2.45) is 35.5 Å². The summed E-state index contributed by atoms with van der Waals surface area (Å²) in [5.41, 5.74) is 4.74. The molecule has 0 saturated heterocycles. The Morgan fingerprint density at radius 2 is 0.571 bits per heavy atom. The molecule has 4 aromatic carbocycles. The molecule has 336 valence electrons. The smallest absolute Gasteiger partial charge is 0.158 e. The van der Waals surface area contributed by atoms with Gasteiger partial charge in [-0.05, 0) is 91.2 Å². The minimum absolute atomic E-state index is 0.512. The molecule has 0 N–H and O–H groups in total. The van der Waals surface area contributed by atoms with Crippen LogP contribution in [0.15, 0.2) is 91.0 Å². The lowest BCUT2D eigenvalue weighted by atomic mass is 9.96. The number of ether oxygens (including phenoxy) is 3. The lowest BCUT2D eigenvalue weighted by molar-refractivity contribution is 0.250. The zero-order valence-electron chi connectivity index (χ0n) is 40.5. The maximum Gasteiger partial charge on any atom is 0.158 e. The molecule has 0 amide bonds. The third kappa shape index (κ3) is 19.5. The lowest BCUT2D eigenvalue weighted by Crippen LogP contribution is -2.13. The molecule has 0 unspecified atom stereocenters. The third-order valence-corrected chi connectivity index (χ3v) is 11.7. The zero-order chi connectivity index (χ0) is 45.2. The molecule has 0 radical (unpaired) electrons. The SMILES string of the molecule is CC(C)CCC[C@@H](C)CCOc1c(C#Cc2ccccc2)c(OCC[C@H](C)CCCC(C)C)c(C#Cc2ccccc2)c(OCC[C@H](C)CCCC(C)C)c1C#Cc1ccccc1. The summed E-state index contributed by atoms with van der Waals surface area (Å²) < 4.78 is 21.1. The highest BCUT2D eigenvalue weighted by Crippen LogP contribution is 2.44. The highest BCUT2D eigenvalue weighted by Gasteiger charge is 2.27. The molecule has 0 aliphatic rings. The maximum atomic E-state index is 7.04. The summed E-state index contributed by atoms with van der Waals surface area (Å²) in [5.74, 6) is 26.7. The quantitative estimate of drug-likeness (QED) is 0.0658. The molecule has 0 aromatic heterocycles. The van der Waals surface area contributed by atoms with E-state index in [4.69, 9.17) is 14.2 Å². The van der Waals surface area contributed by atoms with Crippen molar-refractivity contribution in [2.45, 2.75) is 139 Å². The molecule has 3 heteroatoms. The average molecular weight is 847 g/mol. The van der Waals surface area contributed by atoms with E-state index in [-0.39, 0.29) is 0 Å². The van der Waals surface area contributed by atoms with E-state index in [2.05, 4.69) is 97.8 Å². The zero-order valence-corrected chi connectivity index (χ0v) is 40.5. The Balaban J connectivity index is 1.96. The molecule has 0 heterocycles. The first-order chi connectivity index (χ1) is 30.5. The van der Waals surface area contributed by atoms with Crippen LogP contribution in [-0.4, -0.2) is 19.8 Å². The predicted molar refractivity (Wildman–Crippen MR) is 268 cm³/mol. The van der Waals surface area contributed by atoms with Crippen LogP contribution in [0.25, 0.3) is 0 Å². The van der Waals surface area contributed by atoms with Gasteiger partial charge >= 0.3 is 0 Å². The summed E-state index contributed by atoms with van der Waals surface area (Å²) in [7, 11) is 0. The minimum Gasteiger partial charge on any atom is -0.491 e. The Morgan fingerprint density at radius 1 is 0.317 bits per heavy atom. The van der Waals surface area contributed by atoms with Gasteiger partial charge in [0.15, 0.2) is 17.2 Å². The van der Waals surface area contributed by atoms with Crippen molar-refractivity contribution in [1.82, 2.24) is 0 Å². The topological polar surface area (TPSA) is 27.7 Å². The second kappa shape index (κ2) is 28.6. The molecule has 0 bridgehead atoms. The van der Waals surface area contributed by atoms with Gasteiger partial charge in [0, 0.05) is 16.7 Å². The van der Waals surface area contributed by atoms with Gasteiger partial charge in [0.1, 0.15) is 16.7 Å². The summed E-state index contributed by atoms with van der Waals surface area (Å²) in [4.78, 5) is 0. The van der Waals surface area contributed by atoms with Crippen LogP contribution in [0.5, 0.6) is 17.2 Å². The van der Waals surface area contributed by atoms with Gasteiger partial charge in [-0.2, -0.15) is 0 Å². The van der Waals surface area contributed by atoms with Gasteiger partial charge in [-0.3, -0.25) is 0 Å². The van der Waals surface area contributed by atoms with Crippen LogP contribution in [0.3, 0.4) is 0 Å². The van der Waals surface area contributed by atoms with E-state index in [0.717, 1.165) is 36.0 Å². The van der Waals surface area contributed by atoms with Crippen LogP contribution >= 0.6 is 0 Å². The molecule has 0 fully saturated rings. The first-order valence-electron chi connectivity index (χ1n) is 24.3. The van der Waals surface area contributed by atoms with Gasteiger partial charge in [0.25, 0.3) is 0 Å². The molecule has 0 spiro atoms. The highest BCUT2D eigenvalue weighted by molar-refractivity contribution is 5.76. The maximum absolute atomic E-state index is 7.04. The molecule has 4 rings (SSSR count). The summed E-state index contributed by atoms with van der Waals surface area (Å²) in [5, 5.41) is 0. The molecule has 3 nitrogen and oxygen atoms in total. The fourth-order valence-electron chi connectivity index (χ4n) is 7.57. The van der Waals surface area contributed by atoms with Crippen molar-refractivity contribution in [1.29, 1.82) is 0 Å². The van der Waals surface area contributed by atoms with Crippen molar-refractivity contribution < 1.29 is 14.2 Å². The monoisotopic (exact) mass is 847 g/mol. The van der Waals surface area contributed by atoms with Crippen molar-refractivity contribution in [3.63, 3.8) is 0 Å². The molecular formula is C60H78O3. The van der Waals surface area contributed by atoms with E-state index in [0.29, 0.717) is 89.3 Å². The Morgan fingerprint density at radius 3 is 0.810 bits per heavy atom. The predicted octanol–water partition coefficient (Wildman–Crippen LogP) is 15.6. The van der Waals surface area contributed by atoms with Gasteiger partial charge < -0.3 is 14.2 Å². The van der Waals surface area contributed by atoms with Crippen LogP contribution in [0.2, 0.25) is 0 Å². The summed E-state index contributed by atoms with van der Waals surface area (Å²) >= 11 is 0. The second-order valence-corrected chi connectivity index (χ2v) is 19.2. The molecule has 0 saturated carbocycles. The van der Waals surface area contributed by atoms with E-state index in [9.17, 15) is 0 Å². The summed E-state index contributed by atoms with van der Waals surface area (Å²) in [6.07, 6.45) is 13.6. The minimum atomic E-state index is 0.512. The fourth-order valence-corrected chi connectivity index (χ4v) is 7.57. The van der Waals surface area contributed by atoms with E-state index >= 15 is 0 Å². The molecule has 3 atom stereocenters. The van der Waals surface area contributed by atoms with E-state index in [1.807, 2.05) is 91.0 Å². The number of rotatable bonds is 24. The van der Waals surface area contributed by atoms with E-state index in [1.54, 1.807) is 0 Å². The Hall–Kier alpha value is -5.04. The first-order valence-corrected chi connectivity index (χ1v) is 24.3. The largest absolute Gasteiger partial charge is 0.491 e. The van der Waals surface area contributed by atoms with Crippen molar-refractivity contribution in [3.05, 3.63) is 124 Å². The first kappa shape index (κ1) is 50.6. The normalized spacial score (nSPS) is 12.4. The van der Waals surface area contributed by atoms with Crippen LogP contribution in [0.4, 0.5) is 0 Å². The van der Waals surface area contributed by atoms with Gasteiger partial charge in [0.2, 0.25) is 0 Å². The molecular weight excluding hydrogens is 769 g/mol. The Bertz CT molecular complexity index is 1820. The van der Waals surface area contributed by atoms with Gasteiger partial charge in [-0.1, -0.05) is 210 Å². The summed E-state index contributed by atoms with van der Waals surface area (Å²) in [6.45, 7) is 22.4. The van der Waals surface area contributed by atoms with Gasteiger partial charge in [-0.25, -0.2) is 0 Å². The lowest BCUT2D eigenvalue weighted by Gasteiger charge is -2.23. The average Bonchev–Trinajstić information content (AvgIpc) is 3.26. The third-order valence-electron chi connectivity index (χ3n) is 11.7. The van der Waals surface area contributed by atoms with Crippen molar-refractivity contribution in [2.75, 3.05) is 19.8 Å². The van der Waals surface area contributed by atoms with Crippen LogP contribution in [0.1, 0.15) is 173 Å². The van der Waals surface area contributed by atoms with Crippen LogP contribution in [-0.2, 0) is 0 Å². The van der Waals surface area contributed by atoms with Crippen LogP contribution in [0, 0.1) is 71.0 Å². The molecule has 63 heavy (non-hydrogen) atoms. The summed E-state index contributed by atoms with van der Waals surface area (Å²) in [6, 6.07) is 30.4. The van der Waals surface area contributed by atoms with Gasteiger partial charge in [-0.15, -0.1) is 0 Å². The van der Waals surface area contributed by atoms with Crippen molar-refractivity contribution in [3.8, 4) is 52.8 Å². The molecule has 0 aliphatic carbocycles. The van der Waals surface area contributed by atoms with Crippen LogP contribution < -0.4 is 14.2 Å². The number of hydrogen-bond donors (Lipinski definition) is 0. The fraction of sp³-hybridized carbons (Fsp3) is 0.500. The van der Waals surface area contributed by atoms with E-state index < -0.39 is 0 Å². The van der Waals surface area contributed by atoms with Gasteiger partial charge in [0.05, 0.1) is 19.8 Å². The Kier molecular flexibility index (Phi) is 23.0. The number of benzene rings is 4. The van der Waals surface area contributed by atoms with Crippen molar-refractivity contribution >= 4 is 0 Å². The van der Waals surface area contributed by atoms with E-state index in [1.165, 1.54) is 57.8 Å². The number of hydrogen-bond acceptors (Lipinski definition) is 3. The highest BCUT2D eigenvalue weighted by atomic mass is 16.5. The second-order valence-electron chi connectivity index (χ2n) is 19.2. The molecule has 4 aromatic rings. The Labute approximate surface area is 384 Å². The molecule has 0 aliphatic heterocycles. The standard InChI is InChI=1S/C60H78O3/c1-46(2)22-19-25-49(7)40-43-61-58-55(37-34-52-28-13-10-14-29-52)59(62-44-41-50(8)26-20-23-47(3)4)57(39-36-54-32-17-12-18-33-54)60(56(58)38-35-53-30-15-11-16-31-53)63-45-42-51(9)27-21-24-48(5)6/h10-18,28-33,46-51H,19-27,40-45H2,1-9H3/t49-,50-,51-/m1/s1.